The highest BCUT2D eigenvalue weighted by Crippen LogP contribution is 2.32. The van der Waals surface area contributed by atoms with Gasteiger partial charge in [0.2, 0.25) is 10.0 Å². The lowest BCUT2D eigenvalue weighted by molar-refractivity contribution is -0.114. The molecule has 3 rings (SSSR count). The van der Waals surface area contributed by atoms with E-state index < -0.39 is 33.3 Å². The highest BCUT2D eigenvalue weighted by atomic mass is 32.2. The first-order valence-corrected chi connectivity index (χ1v) is 8.20. The number of carbonyl (C=O) groups is 2. The normalized spacial score (nSPS) is 14.2. The van der Waals surface area contributed by atoms with E-state index in [9.17, 15) is 26.8 Å². The maximum atomic E-state index is 13.8. The van der Waals surface area contributed by atoms with Gasteiger partial charge in [-0.2, -0.15) is 0 Å². The molecule has 0 bridgehead atoms. The Morgan fingerprint density at radius 2 is 1.75 bits per heavy atom. The average molecular weight is 352 g/mol. The van der Waals surface area contributed by atoms with Crippen LogP contribution in [-0.4, -0.2) is 20.1 Å². The zero-order valence-corrected chi connectivity index (χ0v) is 12.8. The minimum Gasteiger partial charge on any atom is -0.300 e. The number of benzene rings is 2. The van der Waals surface area contributed by atoms with Gasteiger partial charge in [-0.05, 0) is 24.3 Å². The van der Waals surface area contributed by atoms with Crippen LogP contribution in [0, 0.1) is 11.6 Å². The molecule has 1 heterocycles. The van der Waals surface area contributed by atoms with Gasteiger partial charge in [-0.15, -0.1) is 0 Å². The van der Waals surface area contributed by atoms with E-state index in [1.54, 1.807) is 0 Å². The number of fused-ring (bicyclic) bond motifs is 1. The van der Waals surface area contributed by atoms with Crippen molar-refractivity contribution in [1.82, 2.24) is 0 Å². The number of anilines is 1. The Morgan fingerprint density at radius 1 is 1.04 bits per heavy atom. The van der Waals surface area contributed by atoms with Gasteiger partial charge >= 0.3 is 0 Å². The number of nitrogens with zero attached hydrogens (tertiary/aromatic N) is 1. The summed E-state index contributed by atoms with van der Waals surface area (Å²) in [4.78, 5) is 24.8. The summed E-state index contributed by atoms with van der Waals surface area (Å²) in [7, 11) is -4.04. The van der Waals surface area contributed by atoms with Crippen LogP contribution in [0.1, 0.15) is 15.9 Å². The number of sulfonamides is 1. The fraction of sp³-hybridized carbons (Fsp3) is 0.0667. The van der Waals surface area contributed by atoms with Crippen LogP contribution in [0.25, 0.3) is 0 Å². The van der Waals surface area contributed by atoms with Crippen LogP contribution in [0.4, 0.5) is 14.5 Å². The smallest absolute Gasteiger partial charge is 0.299 e. The maximum absolute atomic E-state index is 13.8. The number of nitrogens with two attached hydrogens (primary N) is 1. The maximum Gasteiger partial charge on any atom is 0.299 e. The Morgan fingerprint density at radius 3 is 2.38 bits per heavy atom. The van der Waals surface area contributed by atoms with Crippen molar-refractivity contribution < 1.29 is 26.8 Å². The van der Waals surface area contributed by atoms with Crippen molar-refractivity contribution in [2.45, 2.75) is 11.4 Å². The van der Waals surface area contributed by atoms with Crippen molar-refractivity contribution in [2.24, 2.45) is 5.14 Å². The molecule has 0 fully saturated rings. The lowest BCUT2D eigenvalue weighted by atomic mass is 10.1. The molecule has 0 atom stereocenters. The van der Waals surface area contributed by atoms with Crippen LogP contribution in [0.2, 0.25) is 0 Å². The molecule has 24 heavy (non-hydrogen) atoms. The molecule has 0 radical (unpaired) electrons. The minimum atomic E-state index is -4.04. The first-order chi connectivity index (χ1) is 11.2. The molecule has 0 aromatic heterocycles. The van der Waals surface area contributed by atoms with Crippen LogP contribution < -0.4 is 10.0 Å². The fourth-order valence-electron chi connectivity index (χ4n) is 2.43. The molecule has 0 saturated heterocycles. The first kappa shape index (κ1) is 16.2. The van der Waals surface area contributed by atoms with E-state index in [0.717, 1.165) is 23.1 Å². The largest absolute Gasteiger partial charge is 0.300 e. The fourth-order valence-corrected chi connectivity index (χ4v) is 2.97. The van der Waals surface area contributed by atoms with Gasteiger partial charge in [0.15, 0.2) is 0 Å². The molecule has 0 spiro atoms. The molecule has 2 aromatic carbocycles. The number of hydrogen-bond donors (Lipinski definition) is 1. The van der Waals surface area contributed by atoms with Crippen molar-refractivity contribution in [3.05, 3.63) is 59.2 Å². The van der Waals surface area contributed by atoms with E-state index in [1.807, 2.05) is 0 Å². The predicted molar refractivity (Wildman–Crippen MR) is 79.7 cm³/mol. The molecule has 0 saturated carbocycles. The molecule has 9 heteroatoms. The van der Waals surface area contributed by atoms with Crippen LogP contribution in [-0.2, 0) is 21.4 Å². The summed E-state index contributed by atoms with van der Waals surface area (Å²) in [6, 6.07) is 6.27. The summed E-state index contributed by atoms with van der Waals surface area (Å²) in [6.07, 6.45) is 0. The summed E-state index contributed by atoms with van der Waals surface area (Å²) in [6.45, 7) is -0.293. The van der Waals surface area contributed by atoms with E-state index >= 15 is 0 Å². The molecule has 124 valence electrons. The van der Waals surface area contributed by atoms with E-state index in [4.69, 9.17) is 5.14 Å². The van der Waals surface area contributed by atoms with Crippen LogP contribution in [0.5, 0.6) is 0 Å². The van der Waals surface area contributed by atoms with Gasteiger partial charge < -0.3 is 4.90 Å². The van der Waals surface area contributed by atoms with Crippen LogP contribution in [0.3, 0.4) is 0 Å². The first-order valence-electron chi connectivity index (χ1n) is 6.65. The predicted octanol–water partition coefficient (Wildman–Crippen LogP) is 1.34. The third-order valence-electron chi connectivity index (χ3n) is 3.61. The summed E-state index contributed by atoms with van der Waals surface area (Å²) in [5.74, 6) is -3.47. The second-order valence-corrected chi connectivity index (χ2v) is 6.74. The van der Waals surface area contributed by atoms with Gasteiger partial charge in [0.1, 0.15) is 11.6 Å². The van der Waals surface area contributed by atoms with Crippen molar-refractivity contribution in [3.63, 3.8) is 0 Å². The quantitative estimate of drug-likeness (QED) is 0.843. The second kappa shape index (κ2) is 5.46. The van der Waals surface area contributed by atoms with Crippen molar-refractivity contribution in [3.8, 4) is 0 Å². The monoisotopic (exact) mass is 352 g/mol. The van der Waals surface area contributed by atoms with E-state index in [0.29, 0.717) is 6.07 Å². The standard InChI is InChI=1S/C15H10F2N2O4S/c16-9-2-1-8(12(17)5-9)7-19-13-4-3-10(24(18,22)23)6-11(13)14(20)15(19)21/h1-6H,7H2,(H2,18,22,23). The van der Waals surface area contributed by atoms with Gasteiger partial charge in [0.05, 0.1) is 22.7 Å². The van der Waals surface area contributed by atoms with Crippen molar-refractivity contribution >= 4 is 27.4 Å². The number of primary sulfonamides is 1. The Hall–Kier alpha value is -2.65. The molecule has 0 unspecified atom stereocenters. The number of carbonyl (C=O) groups excluding carboxylic acids is 2. The number of ketones is 1. The van der Waals surface area contributed by atoms with Crippen molar-refractivity contribution in [1.29, 1.82) is 0 Å². The van der Waals surface area contributed by atoms with E-state index in [1.165, 1.54) is 12.1 Å². The molecule has 2 aromatic rings. The highest BCUT2D eigenvalue weighted by Gasteiger charge is 2.36. The van der Waals surface area contributed by atoms with Gasteiger partial charge in [-0.3, -0.25) is 9.59 Å². The molecule has 1 aliphatic heterocycles. The third-order valence-corrected chi connectivity index (χ3v) is 4.53. The number of hydrogen-bond acceptors (Lipinski definition) is 4. The summed E-state index contributed by atoms with van der Waals surface area (Å²) in [5.41, 5.74) is 0.0242. The van der Waals surface area contributed by atoms with Gasteiger partial charge in [-0.25, -0.2) is 22.3 Å². The van der Waals surface area contributed by atoms with Gasteiger partial charge in [-0.1, -0.05) is 6.07 Å². The molecule has 1 aliphatic rings. The summed E-state index contributed by atoms with van der Waals surface area (Å²) < 4.78 is 49.4. The Labute approximate surface area is 135 Å². The number of halogens is 2. The minimum absolute atomic E-state index is 0.0147. The molecular formula is C15H10F2N2O4S. The van der Waals surface area contributed by atoms with Crippen molar-refractivity contribution in [2.75, 3.05) is 4.90 Å². The lowest BCUT2D eigenvalue weighted by Crippen LogP contribution is -2.29. The average Bonchev–Trinajstić information content (AvgIpc) is 2.73. The highest BCUT2D eigenvalue weighted by molar-refractivity contribution is 7.89. The van der Waals surface area contributed by atoms with Gasteiger partial charge in [0.25, 0.3) is 11.7 Å². The summed E-state index contributed by atoms with van der Waals surface area (Å²) >= 11 is 0. The molecular weight excluding hydrogens is 342 g/mol. The SMILES string of the molecule is NS(=O)(=O)c1ccc2c(c1)C(=O)C(=O)N2Cc1ccc(F)cc1F. The van der Waals surface area contributed by atoms with E-state index in [-0.39, 0.29) is 28.3 Å². The summed E-state index contributed by atoms with van der Waals surface area (Å²) in [5, 5.41) is 5.00. The Bertz CT molecular complexity index is 989. The molecule has 2 N–H and O–H groups in total. The van der Waals surface area contributed by atoms with E-state index in [2.05, 4.69) is 0 Å². The Balaban J connectivity index is 2.03. The van der Waals surface area contributed by atoms with Gasteiger partial charge in [0, 0.05) is 11.6 Å². The zero-order valence-electron chi connectivity index (χ0n) is 12.0. The van der Waals surface area contributed by atoms with Crippen LogP contribution >= 0.6 is 0 Å². The Kier molecular flexibility index (Phi) is 3.69. The lowest BCUT2D eigenvalue weighted by Gasteiger charge is -2.17. The molecule has 1 amide bonds. The molecule has 0 aliphatic carbocycles. The third kappa shape index (κ3) is 2.68. The number of Topliss-reactive ketones (excluding diaryl/α,β-unsaturated/α-hetero) is 1. The number of rotatable bonds is 3. The van der Waals surface area contributed by atoms with Crippen LogP contribution in [0.15, 0.2) is 41.3 Å². The second-order valence-electron chi connectivity index (χ2n) is 5.18. The topological polar surface area (TPSA) is 97.5 Å². The number of amides is 1. The zero-order chi connectivity index (χ0) is 17.6. The molecule has 6 nitrogen and oxygen atoms in total.